The standard InChI is InChI=1S/C17H25N3OS/c1-2-3-4-8-11-15(21)12-13-16-18-19-17(22)20(16)14-9-6-5-7-10-14/h5-7,9-10,15,21H,2-4,8,11-13H2,1H3,(H,19,22). The first-order valence-corrected chi connectivity index (χ1v) is 8.53. The van der Waals surface area contributed by atoms with Crippen molar-refractivity contribution in [2.24, 2.45) is 0 Å². The highest BCUT2D eigenvalue weighted by atomic mass is 32.1. The maximum absolute atomic E-state index is 10.1. The van der Waals surface area contributed by atoms with Gasteiger partial charge in [-0.05, 0) is 37.2 Å². The van der Waals surface area contributed by atoms with Crippen LogP contribution in [0, 0.1) is 4.77 Å². The molecule has 1 heterocycles. The number of unbranched alkanes of at least 4 members (excludes halogenated alkanes) is 3. The smallest absolute Gasteiger partial charge is 0.199 e. The van der Waals surface area contributed by atoms with Crippen LogP contribution in [0.3, 0.4) is 0 Å². The number of rotatable bonds is 9. The van der Waals surface area contributed by atoms with Crippen LogP contribution in [-0.2, 0) is 6.42 Å². The third-order valence-corrected chi connectivity index (χ3v) is 4.12. The molecule has 120 valence electrons. The summed E-state index contributed by atoms with van der Waals surface area (Å²) >= 11 is 5.32. The zero-order valence-corrected chi connectivity index (χ0v) is 14.0. The number of aryl methyl sites for hydroxylation is 1. The van der Waals surface area contributed by atoms with Gasteiger partial charge in [0, 0.05) is 12.1 Å². The van der Waals surface area contributed by atoms with Crippen molar-refractivity contribution in [3.05, 3.63) is 40.9 Å². The highest BCUT2D eigenvalue weighted by Gasteiger charge is 2.11. The SMILES string of the molecule is CCCCCCC(O)CCc1n[nH]c(=S)n1-c1ccccc1. The predicted molar refractivity (Wildman–Crippen MR) is 91.8 cm³/mol. The molecule has 1 aromatic carbocycles. The topological polar surface area (TPSA) is 53.8 Å². The molecule has 0 saturated heterocycles. The molecule has 2 N–H and O–H groups in total. The maximum atomic E-state index is 10.1. The fourth-order valence-electron chi connectivity index (χ4n) is 2.59. The van der Waals surface area contributed by atoms with Crippen LogP contribution in [0.1, 0.15) is 51.3 Å². The summed E-state index contributed by atoms with van der Waals surface area (Å²) < 4.78 is 2.54. The molecule has 5 heteroatoms. The molecule has 1 atom stereocenters. The molecule has 22 heavy (non-hydrogen) atoms. The number of aliphatic hydroxyl groups excluding tert-OH is 1. The highest BCUT2D eigenvalue weighted by molar-refractivity contribution is 7.71. The van der Waals surface area contributed by atoms with Gasteiger partial charge in [-0.3, -0.25) is 9.67 Å². The summed E-state index contributed by atoms with van der Waals surface area (Å²) in [6, 6.07) is 9.96. The number of hydrogen-bond donors (Lipinski definition) is 2. The zero-order chi connectivity index (χ0) is 15.8. The van der Waals surface area contributed by atoms with Crippen LogP contribution in [-0.4, -0.2) is 26.0 Å². The summed E-state index contributed by atoms with van der Waals surface area (Å²) in [5, 5.41) is 17.3. The molecule has 0 saturated carbocycles. The Hall–Kier alpha value is -1.46. The highest BCUT2D eigenvalue weighted by Crippen LogP contribution is 2.14. The van der Waals surface area contributed by atoms with E-state index >= 15 is 0 Å². The van der Waals surface area contributed by atoms with Gasteiger partial charge in [-0.15, -0.1) is 0 Å². The Morgan fingerprint density at radius 2 is 1.95 bits per heavy atom. The Morgan fingerprint density at radius 3 is 2.68 bits per heavy atom. The summed E-state index contributed by atoms with van der Waals surface area (Å²) in [5.41, 5.74) is 1.01. The van der Waals surface area contributed by atoms with Gasteiger partial charge in [0.05, 0.1) is 6.10 Å². The quantitative estimate of drug-likeness (QED) is 0.538. The number of nitrogens with zero attached hydrogens (tertiary/aromatic N) is 2. The number of para-hydroxylation sites is 1. The molecular weight excluding hydrogens is 294 g/mol. The number of hydrogen-bond acceptors (Lipinski definition) is 3. The van der Waals surface area contributed by atoms with Crippen LogP contribution in [0.5, 0.6) is 0 Å². The second-order valence-corrected chi connectivity index (χ2v) is 6.04. The zero-order valence-electron chi connectivity index (χ0n) is 13.2. The van der Waals surface area contributed by atoms with E-state index in [0.29, 0.717) is 4.77 Å². The Balaban J connectivity index is 1.93. The normalized spacial score (nSPS) is 12.5. The molecule has 4 nitrogen and oxygen atoms in total. The first-order valence-electron chi connectivity index (χ1n) is 8.12. The van der Waals surface area contributed by atoms with E-state index in [2.05, 4.69) is 17.1 Å². The van der Waals surface area contributed by atoms with Crippen LogP contribution in [0.15, 0.2) is 30.3 Å². The lowest BCUT2D eigenvalue weighted by Crippen LogP contribution is -2.10. The average molecular weight is 319 g/mol. The number of nitrogens with one attached hydrogen (secondary N) is 1. The van der Waals surface area contributed by atoms with Crippen molar-refractivity contribution < 1.29 is 5.11 Å². The molecule has 1 unspecified atom stereocenters. The predicted octanol–water partition coefficient (Wildman–Crippen LogP) is 4.19. The minimum atomic E-state index is -0.258. The minimum Gasteiger partial charge on any atom is -0.393 e. The number of aromatic amines is 1. The van der Waals surface area contributed by atoms with Crippen LogP contribution in [0.2, 0.25) is 0 Å². The van der Waals surface area contributed by atoms with Crippen LogP contribution < -0.4 is 0 Å². The fourth-order valence-corrected chi connectivity index (χ4v) is 2.84. The average Bonchev–Trinajstić information content (AvgIpc) is 2.91. The third kappa shape index (κ3) is 4.78. The Bertz CT molecular complexity index is 606. The van der Waals surface area contributed by atoms with Crippen LogP contribution in [0.25, 0.3) is 5.69 Å². The Morgan fingerprint density at radius 1 is 1.18 bits per heavy atom. The van der Waals surface area contributed by atoms with Gasteiger partial charge in [0.15, 0.2) is 4.77 Å². The Kier molecular flexibility index (Phi) is 6.80. The third-order valence-electron chi connectivity index (χ3n) is 3.85. The summed E-state index contributed by atoms with van der Waals surface area (Å²) in [6.07, 6.45) is 6.83. The van der Waals surface area contributed by atoms with Crippen molar-refractivity contribution in [3.8, 4) is 5.69 Å². The van der Waals surface area contributed by atoms with Gasteiger partial charge in [0.25, 0.3) is 0 Å². The molecule has 0 aliphatic heterocycles. The molecule has 0 bridgehead atoms. The van der Waals surface area contributed by atoms with Crippen molar-refractivity contribution in [1.82, 2.24) is 14.8 Å². The van der Waals surface area contributed by atoms with E-state index in [1.165, 1.54) is 19.3 Å². The van der Waals surface area contributed by atoms with E-state index in [0.717, 1.165) is 37.2 Å². The van der Waals surface area contributed by atoms with Crippen molar-refractivity contribution in [2.45, 2.75) is 58.0 Å². The number of aliphatic hydroxyl groups is 1. The van der Waals surface area contributed by atoms with Crippen molar-refractivity contribution in [2.75, 3.05) is 0 Å². The van der Waals surface area contributed by atoms with E-state index in [1.54, 1.807) is 0 Å². The van der Waals surface area contributed by atoms with Crippen molar-refractivity contribution >= 4 is 12.2 Å². The van der Waals surface area contributed by atoms with E-state index < -0.39 is 0 Å². The molecular formula is C17H25N3OS. The van der Waals surface area contributed by atoms with Crippen molar-refractivity contribution in [1.29, 1.82) is 0 Å². The minimum absolute atomic E-state index is 0.258. The molecule has 0 spiro atoms. The second-order valence-electron chi connectivity index (χ2n) is 5.66. The van der Waals surface area contributed by atoms with E-state index in [4.69, 9.17) is 12.2 Å². The lowest BCUT2D eigenvalue weighted by atomic mass is 10.1. The Labute approximate surface area is 137 Å². The van der Waals surface area contributed by atoms with Gasteiger partial charge >= 0.3 is 0 Å². The van der Waals surface area contributed by atoms with Gasteiger partial charge in [0.2, 0.25) is 0 Å². The van der Waals surface area contributed by atoms with Crippen LogP contribution >= 0.6 is 12.2 Å². The second kappa shape index (κ2) is 8.86. The monoisotopic (exact) mass is 319 g/mol. The van der Waals surface area contributed by atoms with E-state index in [-0.39, 0.29) is 6.10 Å². The maximum Gasteiger partial charge on any atom is 0.199 e. The molecule has 0 aliphatic rings. The van der Waals surface area contributed by atoms with Crippen molar-refractivity contribution in [3.63, 3.8) is 0 Å². The fraction of sp³-hybridized carbons (Fsp3) is 0.529. The molecule has 2 aromatic rings. The van der Waals surface area contributed by atoms with Gasteiger partial charge in [0.1, 0.15) is 5.82 Å². The van der Waals surface area contributed by atoms with E-state index in [1.807, 2.05) is 34.9 Å². The van der Waals surface area contributed by atoms with Gasteiger partial charge in [-0.25, -0.2) is 0 Å². The molecule has 2 rings (SSSR count). The molecule has 0 amide bonds. The van der Waals surface area contributed by atoms with Gasteiger partial charge < -0.3 is 5.11 Å². The van der Waals surface area contributed by atoms with E-state index in [9.17, 15) is 5.11 Å². The summed E-state index contributed by atoms with van der Waals surface area (Å²) in [6.45, 7) is 2.20. The first-order chi connectivity index (χ1) is 10.7. The number of aromatic nitrogens is 3. The number of benzene rings is 1. The number of H-pyrrole nitrogens is 1. The summed E-state index contributed by atoms with van der Waals surface area (Å²) in [7, 11) is 0. The summed E-state index contributed by atoms with van der Waals surface area (Å²) in [4.78, 5) is 0. The van der Waals surface area contributed by atoms with Gasteiger partial charge in [-0.2, -0.15) is 5.10 Å². The lowest BCUT2D eigenvalue weighted by Gasteiger charge is -2.11. The lowest BCUT2D eigenvalue weighted by molar-refractivity contribution is 0.150. The molecule has 1 aromatic heterocycles. The largest absolute Gasteiger partial charge is 0.393 e. The van der Waals surface area contributed by atoms with Gasteiger partial charge in [-0.1, -0.05) is 50.8 Å². The molecule has 0 fully saturated rings. The van der Waals surface area contributed by atoms with Crippen LogP contribution in [0.4, 0.5) is 0 Å². The summed E-state index contributed by atoms with van der Waals surface area (Å²) in [5.74, 6) is 0.879. The first kappa shape index (κ1) is 16.9. The molecule has 0 aliphatic carbocycles. The molecule has 0 radical (unpaired) electrons.